The number of halogens is 1. The summed E-state index contributed by atoms with van der Waals surface area (Å²) in [6, 6.07) is 3.44. The van der Waals surface area contributed by atoms with E-state index >= 15 is 0 Å². The van der Waals surface area contributed by atoms with Gasteiger partial charge in [-0.1, -0.05) is 0 Å². The highest BCUT2D eigenvalue weighted by Crippen LogP contribution is 2.36. The van der Waals surface area contributed by atoms with Crippen LogP contribution in [0.15, 0.2) is 21.7 Å². The van der Waals surface area contributed by atoms with Crippen molar-refractivity contribution in [2.45, 2.75) is 13.8 Å². The van der Waals surface area contributed by atoms with Gasteiger partial charge in [0.05, 0.1) is 17.3 Å². The van der Waals surface area contributed by atoms with Crippen LogP contribution in [0.1, 0.15) is 19.4 Å². The van der Waals surface area contributed by atoms with Crippen molar-refractivity contribution in [2.75, 3.05) is 19.8 Å². The minimum absolute atomic E-state index is 0.336. The largest absolute Gasteiger partial charge is 0.490 e. The monoisotopic (exact) mass is 403 g/mol. The van der Waals surface area contributed by atoms with Crippen molar-refractivity contribution in [3.05, 3.63) is 22.2 Å². The predicted octanol–water partition coefficient (Wildman–Crippen LogP) is 2.13. The second-order valence-electron chi connectivity index (χ2n) is 4.17. The van der Waals surface area contributed by atoms with Gasteiger partial charge in [0.25, 0.3) is 0 Å². The molecule has 0 atom stereocenters. The fourth-order valence-corrected chi connectivity index (χ4v) is 2.34. The van der Waals surface area contributed by atoms with Gasteiger partial charge in [0, 0.05) is 6.54 Å². The third-order valence-corrected chi connectivity index (χ3v) is 3.21. The van der Waals surface area contributed by atoms with E-state index in [2.05, 4.69) is 31.8 Å². The molecule has 126 valence electrons. The number of nitrogens with zero attached hydrogens (tertiary/aromatic N) is 1. The van der Waals surface area contributed by atoms with Crippen LogP contribution >= 0.6 is 28.1 Å². The van der Waals surface area contributed by atoms with E-state index in [-0.39, 0.29) is 0 Å². The summed E-state index contributed by atoms with van der Waals surface area (Å²) in [5.74, 6) is -0.299. The van der Waals surface area contributed by atoms with Crippen LogP contribution in [0.4, 0.5) is 0 Å². The zero-order valence-corrected chi connectivity index (χ0v) is 15.2. The molecule has 0 aromatic heterocycles. The van der Waals surface area contributed by atoms with E-state index in [1.54, 1.807) is 18.3 Å². The Morgan fingerprint density at radius 2 is 2.17 bits per heavy atom. The van der Waals surface area contributed by atoms with Crippen molar-refractivity contribution in [3.63, 3.8) is 0 Å². The number of hydrogen-bond acceptors (Lipinski definition) is 5. The fourth-order valence-electron chi connectivity index (χ4n) is 1.56. The molecule has 1 aromatic rings. The summed E-state index contributed by atoms with van der Waals surface area (Å²) >= 11 is 8.34. The minimum Gasteiger partial charge on any atom is -0.490 e. The summed E-state index contributed by atoms with van der Waals surface area (Å²) in [6.45, 7) is 4.42. The molecule has 0 aliphatic heterocycles. The van der Waals surface area contributed by atoms with E-state index in [4.69, 9.17) is 26.8 Å². The van der Waals surface area contributed by atoms with Gasteiger partial charge in [-0.2, -0.15) is 5.10 Å². The lowest BCUT2D eigenvalue weighted by Crippen LogP contribution is -2.31. The summed E-state index contributed by atoms with van der Waals surface area (Å²) in [5, 5.41) is 16.1. The molecule has 0 heterocycles. The zero-order valence-electron chi connectivity index (χ0n) is 12.8. The number of aliphatic carboxylic acids is 1. The van der Waals surface area contributed by atoms with Crippen LogP contribution in [0.2, 0.25) is 0 Å². The van der Waals surface area contributed by atoms with Crippen molar-refractivity contribution in [1.82, 2.24) is 10.7 Å². The molecule has 0 aliphatic rings. The van der Waals surface area contributed by atoms with Gasteiger partial charge in [0.15, 0.2) is 23.2 Å². The number of benzene rings is 1. The topological polar surface area (TPSA) is 92.2 Å². The van der Waals surface area contributed by atoms with Crippen LogP contribution in [-0.2, 0) is 4.79 Å². The SMILES string of the molecule is CCNC(=S)NN=Cc1cc(Br)c(OCC(=O)O)c(OCC)c1. The molecule has 7 nitrogen and oxygen atoms in total. The number of carboxylic acid groups (broad SMARTS) is 1. The number of thiocarbonyl (C=S) groups is 1. The van der Waals surface area contributed by atoms with Crippen molar-refractivity contribution >= 4 is 45.4 Å². The molecule has 0 spiro atoms. The van der Waals surface area contributed by atoms with E-state index in [0.717, 1.165) is 5.56 Å². The highest BCUT2D eigenvalue weighted by Gasteiger charge is 2.13. The van der Waals surface area contributed by atoms with Gasteiger partial charge in [-0.05, 0) is 59.7 Å². The Labute approximate surface area is 148 Å². The lowest BCUT2D eigenvalue weighted by Gasteiger charge is -2.13. The van der Waals surface area contributed by atoms with E-state index in [0.29, 0.717) is 34.2 Å². The first kappa shape index (κ1) is 19.2. The zero-order chi connectivity index (χ0) is 17.2. The van der Waals surface area contributed by atoms with Gasteiger partial charge >= 0.3 is 5.97 Å². The van der Waals surface area contributed by atoms with Gasteiger partial charge in [-0.25, -0.2) is 4.79 Å². The number of hydrogen-bond donors (Lipinski definition) is 3. The fraction of sp³-hybridized carbons (Fsp3) is 0.357. The normalized spacial score (nSPS) is 10.4. The van der Waals surface area contributed by atoms with E-state index in [1.807, 2.05) is 13.8 Å². The molecule has 0 unspecified atom stereocenters. The summed E-state index contributed by atoms with van der Waals surface area (Å²) in [6.07, 6.45) is 1.57. The Morgan fingerprint density at radius 1 is 1.43 bits per heavy atom. The summed E-state index contributed by atoms with van der Waals surface area (Å²) in [5.41, 5.74) is 3.41. The first-order chi connectivity index (χ1) is 11.0. The second-order valence-corrected chi connectivity index (χ2v) is 5.44. The number of rotatable bonds is 8. The summed E-state index contributed by atoms with van der Waals surface area (Å²) in [4.78, 5) is 10.6. The maximum atomic E-state index is 10.6. The van der Waals surface area contributed by atoms with E-state index in [1.165, 1.54) is 0 Å². The number of hydrazone groups is 1. The molecular weight excluding hydrogens is 386 g/mol. The molecule has 0 amide bonds. The maximum Gasteiger partial charge on any atom is 0.341 e. The Hall–Kier alpha value is -1.87. The lowest BCUT2D eigenvalue weighted by molar-refractivity contribution is -0.139. The molecule has 0 fully saturated rings. The Balaban J connectivity index is 2.91. The van der Waals surface area contributed by atoms with Gasteiger partial charge in [-0.3, -0.25) is 5.43 Å². The van der Waals surface area contributed by atoms with Crippen LogP contribution in [0, 0.1) is 0 Å². The third kappa shape index (κ3) is 6.83. The molecule has 23 heavy (non-hydrogen) atoms. The highest BCUT2D eigenvalue weighted by atomic mass is 79.9. The lowest BCUT2D eigenvalue weighted by atomic mass is 10.2. The average Bonchev–Trinajstić information content (AvgIpc) is 2.46. The number of carbonyl (C=O) groups is 1. The summed E-state index contributed by atoms with van der Waals surface area (Å²) < 4.78 is 11.3. The smallest absolute Gasteiger partial charge is 0.341 e. The van der Waals surface area contributed by atoms with Crippen molar-refractivity contribution < 1.29 is 19.4 Å². The van der Waals surface area contributed by atoms with Crippen LogP contribution in [0.25, 0.3) is 0 Å². The van der Waals surface area contributed by atoms with Crippen molar-refractivity contribution in [1.29, 1.82) is 0 Å². The van der Waals surface area contributed by atoms with Gasteiger partial charge < -0.3 is 19.9 Å². The second kappa shape index (κ2) is 10.0. The number of ether oxygens (including phenoxy) is 2. The van der Waals surface area contributed by atoms with Gasteiger partial charge in [0.2, 0.25) is 0 Å². The van der Waals surface area contributed by atoms with Crippen LogP contribution in [-0.4, -0.2) is 42.2 Å². The standard InChI is InChI=1S/C14H18BrN3O4S/c1-3-16-14(23)18-17-7-9-5-10(15)13(22-8-12(19)20)11(6-9)21-4-2/h5-7H,3-4,8H2,1-2H3,(H,19,20)(H2,16,18,23). The van der Waals surface area contributed by atoms with Crippen LogP contribution in [0.3, 0.4) is 0 Å². The molecule has 0 bridgehead atoms. The maximum absolute atomic E-state index is 10.6. The number of nitrogens with one attached hydrogen (secondary N) is 2. The first-order valence-corrected chi connectivity index (χ1v) is 8.05. The Bertz CT molecular complexity index is 596. The molecule has 3 N–H and O–H groups in total. The van der Waals surface area contributed by atoms with Crippen molar-refractivity contribution in [3.8, 4) is 11.5 Å². The first-order valence-electron chi connectivity index (χ1n) is 6.85. The van der Waals surface area contributed by atoms with E-state index in [9.17, 15) is 4.79 Å². The highest BCUT2D eigenvalue weighted by molar-refractivity contribution is 9.10. The summed E-state index contributed by atoms with van der Waals surface area (Å²) in [7, 11) is 0. The van der Waals surface area contributed by atoms with Gasteiger partial charge in [-0.15, -0.1) is 0 Å². The quantitative estimate of drug-likeness (QED) is 0.347. The van der Waals surface area contributed by atoms with Crippen LogP contribution < -0.4 is 20.2 Å². The predicted molar refractivity (Wildman–Crippen MR) is 95.4 cm³/mol. The van der Waals surface area contributed by atoms with E-state index < -0.39 is 12.6 Å². The average molecular weight is 404 g/mol. The Kier molecular flexibility index (Phi) is 8.35. The third-order valence-electron chi connectivity index (χ3n) is 2.39. The minimum atomic E-state index is -1.06. The molecule has 0 saturated carbocycles. The molecule has 9 heteroatoms. The molecule has 1 rings (SSSR count). The molecular formula is C14H18BrN3O4S. The molecule has 1 aromatic carbocycles. The number of carboxylic acids is 1. The molecule has 0 aliphatic carbocycles. The van der Waals surface area contributed by atoms with Crippen molar-refractivity contribution in [2.24, 2.45) is 5.10 Å². The molecule has 0 saturated heterocycles. The molecule has 0 radical (unpaired) electrons. The van der Waals surface area contributed by atoms with Crippen LogP contribution in [0.5, 0.6) is 11.5 Å². The van der Waals surface area contributed by atoms with Gasteiger partial charge in [0.1, 0.15) is 0 Å². The Morgan fingerprint density at radius 3 is 2.78 bits per heavy atom.